The summed E-state index contributed by atoms with van der Waals surface area (Å²) in [6.45, 7) is 9.73. The summed E-state index contributed by atoms with van der Waals surface area (Å²) >= 11 is 0. The molecule has 0 atom stereocenters. The lowest BCUT2D eigenvalue weighted by molar-refractivity contribution is 0.597. The van der Waals surface area contributed by atoms with Gasteiger partial charge in [-0.05, 0) is 134 Å². The first-order valence-electron chi connectivity index (χ1n) is 22.1. The fraction of sp³-hybridized carbons (Fsp3) is 0.133. The second-order valence-corrected chi connectivity index (χ2v) is 18.5. The second-order valence-electron chi connectivity index (χ2n) is 18.5. The summed E-state index contributed by atoms with van der Waals surface area (Å²) in [4.78, 5) is 5.02. The zero-order valence-corrected chi connectivity index (χ0v) is 35.8. The zero-order chi connectivity index (χ0) is 41.7. The lowest BCUT2D eigenvalue weighted by Crippen LogP contribution is -2.38. The van der Waals surface area contributed by atoms with E-state index < -0.39 is 0 Å². The molecule has 0 fully saturated rings. The normalized spacial score (nSPS) is 15.3. The number of rotatable bonds is 5. The van der Waals surface area contributed by atoms with E-state index >= 15 is 0 Å². The monoisotopic (exact) mass is 796 g/mol. The van der Waals surface area contributed by atoms with Gasteiger partial charge in [-0.3, -0.25) is 0 Å². The first kappa shape index (κ1) is 36.7. The standard InChI is InChI=1S/C60H48N2/c1-59(2)50-23-11-12-24-56(50)62-57-34-31-45(36-51(57)60(3,4)53-38-46(37-52(59)58(53)62)44-28-27-39-15-5-6-18-43(39)35-44)40-29-32-47(33-30-40)61(54-25-13-19-41-16-7-9-21-48(41)54)55-26-14-20-42-17-8-10-22-49(42)55/h5-26,29-38H,27-28H2,1-4H3. The Hall–Kier alpha value is -7.16. The van der Waals surface area contributed by atoms with E-state index in [0.29, 0.717) is 0 Å². The largest absolute Gasteiger partial charge is 0.309 e. The van der Waals surface area contributed by atoms with Crippen molar-refractivity contribution in [2.45, 2.75) is 51.4 Å². The van der Waals surface area contributed by atoms with Crippen LogP contribution in [-0.4, -0.2) is 0 Å². The summed E-state index contributed by atoms with van der Waals surface area (Å²) in [6.07, 6.45) is 4.57. The molecule has 3 aliphatic rings. The van der Waals surface area contributed by atoms with Crippen LogP contribution in [0.25, 0.3) is 44.3 Å². The number of para-hydroxylation sites is 1. The summed E-state index contributed by atoms with van der Waals surface area (Å²) in [5.74, 6) is 0. The molecule has 0 N–H and O–H groups in total. The van der Waals surface area contributed by atoms with E-state index in [9.17, 15) is 0 Å². The van der Waals surface area contributed by atoms with E-state index in [4.69, 9.17) is 0 Å². The Morgan fingerprint density at radius 2 is 0.984 bits per heavy atom. The van der Waals surface area contributed by atoms with Crippen LogP contribution in [0.4, 0.5) is 34.1 Å². The molecule has 2 heteroatoms. The van der Waals surface area contributed by atoms with E-state index in [1.165, 1.54) is 106 Å². The van der Waals surface area contributed by atoms with Crippen molar-refractivity contribution in [3.63, 3.8) is 0 Å². The highest BCUT2D eigenvalue weighted by atomic mass is 15.2. The van der Waals surface area contributed by atoms with Gasteiger partial charge in [0.2, 0.25) is 0 Å². The van der Waals surface area contributed by atoms with Gasteiger partial charge in [0.05, 0.1) is 28.4 Å². The molecule has 298 valence electrons. The molecule has 0 saturated carbocycles. The van der Waals surface area contributed by atoms with Crippen molar-refractivity contribution in [3.8, 4) is 11.1 Å². The van der Waals surface area contributed by atoms with Crippen molar-refractivity contribution < 1.29 is 0 Å². The maximum absolute atomic E-state index is 2.58. The fourth-order valence-corrected chi connectivity index (χ4v) is 11.0. The molecule has 2 nitrogen and oxygen atoms in total. The third-order valence-electron chi connectivity index (χ3n) is 14.3. The van der Waals surface area contributed by atoms with Gasteiger partial charge in [-0.1, -0.05) is 167 Å². The Morgan fingerprint density at radius 1 is 0.435 bits per heavy atom. The van der Waals surface area contributed by atoms with Crippen LogP contribution in [0.3, 0.4) is 0 Å². The Labute approximate surface area is 365 Å². The smallest absolute Gasteiger partial charge is 0.0544 e. The molecule has 0 spiro atoms. The van der Waals surface area contributed by atoms with Crippen molar-refractivity contribution in [1.82, 2.24) is 0 Å². The quantitative estimate of drug-likeness (QED) is 0.171. The zero-order valence-electron chi connectivity index (χ0n) is 35.8. The van der Waals surface area contributed by atoms with E-state index in [-0.39, 0.29) is 10.8 Å². The average molecular weight is 797 g/mol. The van der Waals surface area contributed by atoms with Crippen LogP contribution >= 0.6 is 0 Å². The third-order valence-corrected chi connectivity index (χ3v) is 14.3. The molecule has 0 saturated heterocycles. The molecular weight excluding hydrogens is 749 g/mol. The first-order chi connectivity index (χ1) is 30.3. The highest BCUT2D eigenvalue weighted by molar-refractivity contribution is 6.05. The van der Waals surface area contributed by atoms with Crippen molar-refractivity contribution in [1.29, 1.82) is 0 Å². The Morgan fingerprint density at radius 3 is 1.69 bits per heavy atom. The summed E-state index contributed by atoms with van der Waals surface area (Å²) in [5.41, 5.74) is 20.5. The molecule has 9 aromatic rings. The second kappa shape index (κ2) is 13.7. The molecule has 0 unspecified atom stereocenters. The average Bonchev–Trinajstić information content (AvgIpc) is 3.31. The predicted molar refractivity (Wildman–Crippen MR) is 263 cm³/mol. The van der Waals surface area contributed by atoms with Gasteiger partial charge in [0.1, 0.15) is 0 Å². The van der Waals surface area contributed by atoms with Crippen molar-refractivity contribution in [3.05, 3.63) is 227 Å². The molecule has 2 aliphatic heterocycles. The van der Waals surface area contributed by atoms with Gasteiger partial charge in [0, 0.05) is 27.3 Å². The summed E-state index contributed by atoms with van der Waals surface area (Å²) in [6, 6.07) is 70.2. The predicted octanol–water partition coefficient (Wildman–Crippen LogP) is 16.4. The van der Waals surface area contributed by atoms with Gasteiger partial charge in [0.15, 0.2) is 0 Å². The van der Waals surface area contributed by atoms with Gasteiger partial charge in [-0.15, -0.1) is 0 Å². The molecule has 0 amide bonds. The molecule has 0 bridgehead atoms. The maximum atomic E-state index is 2.58. The highest BCUT2D eigenvalue weighted by Gasteiger charge is 2.46. The van der Waals surface area contributed by atoms with Crippen molar-refractivity contribution in [2.24, 2.45) is 0 Å². The lowest BCUT2D eigenvalue weighted by atomic mass is 9.65. The minimum atomic E-state index is -0.253. The molecule has 9 aromatic carbocycles. The van der Waals surface area contributed by atoms with Gasteiger partial charge in [-0.2, -0.15) is 0 Å². The molecule has 2 heterocycles. The van der Waals surface area contributed by atoms with Crippen LogP contribution in [0.5, 0.6) is 0 Å². The fourth-order valence-electron chi connectivity index (χ4n) is 11.0. The number of nitrogens with zero attached hydrogens (tertiary/aromatic N) is 2. The number of anilines is 6. The number of hydrogen-bond acceptors (Lipinski definition) is 2. The first-order valence-corrected chi connectivity index (χ1v) is 22.1. The minimum Gasteiger partial charge on any atom is -0.309 e. The number of fused-ring (bicyclic) bond motifs is 7. The number of hydrogen-bond donors (Lipinski definition) is 0. The summed E-state index contributed by atoms with van der Waals surface area (Å²) in [7, 11) is 0. The molecular formula is C60H48N2. The van der Waals surface area contributed by atoms with Crippen LogP contribution in [0, 0.1) is 0 Å². The number of benzene rings is 9. The summed E-state index contributed by atoms with van der Waals surface area (Å²) < 4.78 is 0. The van der Waals surface area contributed by atoms with Gasteiger partial charge >= 0.3 is 0 Å². The van der Waals surface area contributed by atoms with Crippen LogP contribution in [0.1, 0.15) is 73.1 Å². The SMILES string of the molecule is CC1(C)c2ccccc2N2c3ccc(-c4ccc(N(c5cccc6ccccc56)c5cccc6ccccc56)cc4)cc3C(C)(C)c3cc(C4=Cc5ccccc5CC4)cc1c32. The van der Waals surface area contributed by atoms with E-state index in [1.807, 2.05) is 0 Å². The van der Waals surface area contributed by atoms with Gasteiger partial charge < -0.3 is 9.80 Å². The molecule has 1 aliphatic carbocycles. The number of allylic oxidation sites excluding steroid dienone is 1. The molecule has 0 radical (unpaired) electrons. The van der Waals surface area contributed by atoms with Crippen LogP contribution in [-0.2, 0) is 17.3 Å². The van der Waals surface area contributed by atoms with Gasteiger partial charge in [-0.25, -0.2) is 0 Å². The van der Waals surface area contributed by atoms with E-state index in [1.54, 1.807) is 0 Å². The maximum Gasteiger partial charge on any atom is 0.0544 e. The summed E-state index contributed by atoms with van der Waals surface area (Å²) in [5, 5.41) is 4.90. The van der Waals surface area contributed by atoms with E-state index in [2.05, 4.69) is 232 Å². The molecule has 12 rings (SSSR count). The van der Waals surface area contributed by atoms with Crippen molar-refractivity contribution >= 4 is 67.3 Å². The Kier molecular flexibility index (Phi) is 8.09. The Balaban J connectivity index is 1.00. The van der Waals surface area contributed by atoms with E-state index in [0.717, 1.165) is 18.5 Å². The minimum absolute atomic E-state index is 0.165. The molecule has 0 aromatic heterocycles. The topological polar surface area (TPSA) is 6.48 Å². The third kappa shape index (κ3) is 5.49. The molecule has 62 heavy (non-hydrogen) atoms. The van der Waals surface area contributed by atoms with Gasteiger partial charge in [0.25, 0.3) is 0 Å². The van der Waals surface area contributed by atoms with Crippen LogP contribution < -0.4 is 9.80 Å². The lowest BCUT2D eigenvalue weighted by Gasteiger charge is -2.50. The van der Waals surface area contributed by atoms with Crippen molar-refractivity contribution in [2.75, 3.05) is 9.80 Å². The van der Waals surface area contributed by atoms with Crippen LogP contribution in [0.15, 0.2) is 188 Å². The highest BCUT2D eigenvalue weighted by Crippen LogP contribution is 2.61. The Bertz CT molecular complexity index is 3220. The van der Waals surface area contributed by atoms with Crippen LogP contribution in [0.2, 0.25) is 0 Å². The number of aryl methyl sites for hydroxylation is 1.